The summed E-state index contributed by atoms with van der Waals surface area (Å²) in [5.41, 5.74) is 0.276. The number of carbonyl (C=O) groups excluding carboxylic acids is 1. The lowest BCUT2D eigenvalue weighted by atomic mass is 10.1. The van der Waals surface area contributed by atoms with Gasteiger partial charge in [-0.1, -0.05) is 0 Å². The van der Waals surface area contributed by atoms with Gasteiger partial charge in [0.15, 0.2) is 0 Å². The first-order chi connectivity index (χ1) is 9.86. The highest BCUT2D eigenvalue weighted by atomic mass is 32.2. The Bertz CT molecular complexity index is 654. The van der Waals surface area contributed by atoms with Crippen molar-refractivity contribution in [3.05, 3.63) is 29.8 Å². The first-order valence-electron chi connectivity index (χ1n) is 6.44. The highest BCUT2D eigenvalue weighted by Gasteiger charge is 2.34. The van der Waals surface area contributed by atoms with Crippen LogP contribution in [0.2, 0.25) is 0 Å². The number of hydrogen-bond donors (Lipinski definition) is 2. The van der Waals surface area contributed by atoms with Crippen LogP contribution in [0.3, 0.4) is 0 Å². The molecule has 1 unspecified atom stereocenters. The van der Waals surface area contributed by atoms with Crippen LogP contribution in [0.15, 0.2) is 29.2 Å². The standard InChI is InChI=1S/C13H16N2O5S/c1-14-21(19,20)10-6-4-9(5-7-10)12(16)15-8-2-3-11(15)13(17)18/h4-7,11,14H,2-3,8H2,1H3,(H,17,18). The molecule has 2 rings (SSSR count). The van der Waals surface area contributed by atoms with Gasteiger partial charge in [-0.2, -0.15) is 0 Å². The Morgan fingerprint density at radius 3 is 2.43 bits per heavy atom. The molecule has 1 saturated heterocycles. The lowest BCUT2D eigenvalue weighted by Gasteiger charge is -2.21. The maximum atomic E-state index is 12.3. The number of carbonyl (C=O) groups is 2. The summed E-state index contributed by atoms with van der Waals surface area (Å²) in [7, 11) is -2.25. The fraction of sp³-hybridized carbons (Fsp3) is 0.385. The van der Waals surface area contributed by atoms with Gasteiger partial charge in [0.2, 0.25) is 10.0 Å². The van der Waals surface area contributed by atoms with Crippen LogP contribution in [0.4, 0.5) is 0 Å². The number of amides is 1. The predicted octanol–water partition coefficient (Wildman–Crippen LogP) is 0.284. The highest BCUT2D eigenvalue weighted by Crippen LogP contribution is 2.21. The van der Waals surface area contributed by atoms with E-state index in [1.807, 2.05) is 0 Å². The Kier molecular flexibility index (Phi) is 4.29. The summed E-state index contributed by atoms with van der Waals surface area (Å²) in [5.74, 6) is -1.41. The van der Waals surface area contributed by atoms with Crippen LogP contribution < -0.4 is 4.72 Å². The van der Waals surface area contributed by atoms with Crippen molar-refractivity contribution in [1.82, 2.24) is 9.62 Å². The van der Waals surface area contributed by atoms with E-state index >= 15 is 0 Å². The SMILES string of the molecule is CNS(=O)(=O)c1ccc(C(=O)N2CCCC2C(=O)O)cc1. The molecule has 0 saturated carbocycles. The molecule has 0 aromatic heterocycles. The summed E-state index contributed by atoms with van der Waals surface area (Å²) >= 11 is 0. The molecule has 1 atom stereocenters. The number of carboxylic acid groups (broad SMARTS) is 1. The largest absolute Gasteiger partial charge is 0.480 e. The zero-order chi connectivity index (χ0) is 15.6. The van der Waals surface area contributed by atoms with Crippen molar-refractivity contribution in [2.45, 2.75) is 23.8 Å². The van der Waals surface area contributed by atoms with Crippen LogP contribution in [0, 0.1) is 0 Å². The molecular weight excluding hydrogens is 296 g/mol. The second kappa shape index (κ2) is 5.82. The number of hydrogen-bond acceptors (Lipinski definition) is 4. The number of aliphatic carboxylic acids is 1. The fourth-order valence-corrected chi connectivity index (χ4v) is 3.06. The Hall–Kier alpha value is -1.93. The lowest BCUT2D eigenvalue weighted by molar-refractivity contribution is -0.141. The molecule has 1 heterocycles. The Labute approximate surface area is 122 Å². The van der Waals surface area contributed by atoms with Crippen LogP contribution in [0.1, 0.15) is 23.2 Å². The van der Waals surface area contributed by atoms with Crippen molar-refractivity contribution in [2.75, 3.05) is 13.6 Å². The Morgan fingerprint density at radius 2 is 1.90 bits per heavy atom. The predicted molar refractivity (Wildman–Crippen MR) is 74.4 cm³/mol. The second-order valence-corrected chi connectivity index (χ2v) is 6.61. The molecular formula is C13H16N2O5S. The molecule has 0 spiro atoms. The first kappa shape index (κ1) is 15.5. The van der Waals surface area contributed by atoms with E-state index < -0.39 is 27.9 Å². The molecule has 1 aliphatic rings. The van der Waals surface area contributed by atoms with E-state index in [2.05, 4.69) is 4.72 Å². The average Bonchev–Trinajstić information content (AvgIpc) is 2.96. The van der Waals surface area contributed by atoms with Gasteiger partial charge >= 0.3 is 5.97 Å². The maximum Gasteiger partial charge on any atom is 0.326 e. The van der Waals surface area contributed by atoms with Crippen molar-refractivity contribution in [3.63, 3.8) is 0 Å². The molecule has 0 radical (unpaired) electrons. The normalized spacial score (nSPS) is 18.7. The van der Waals surface area contributed by atoms with E-state index in [9.17, 15) is 18.0 Å². The van der Waals surface area contributed by atoms with Gasteiger partial charge in [0.25, 0.3) is 5.91 Å². The van der Waals surface area contributed by atoms with Gasteiger partial charge in [-0.25, -0.2) is 17.9 Å². The molecule has 1 aliphatic heterocycles. The van der Waals surface area contributed by atoms with E-state index in [0.29, 0.717) is 19.4 Å². The topological polar surface area (TPSA) is 104 Å². The number of carboxylic acids is 1. The molecule has 114 valence electrons. The van der Waals surface area contributed by atoms with E-state index in [1.54, 1.807) is 0 Å². The number of rotatable bonds is 4. The van der Waals surface area contributed by atoms with Crippen LogP contribution in [0.25, 0.3) is 0 Å². The Morgan fingerprint density at radius 1 is 1.29 bits per heavy atom. The monoisotopic (exact) mass is 312 g/mol. The zero-order valence-corrected chi connectivity index (χ0v) is 12.3. The van der Waals surface area contributed by atoms with Crippen molar-refractivity contribution in [1.29, 1.82) is 0 Å². The average molecular weight is 312 g/mol. The number of sulfonamides is 1. The number of nitrogens with one attached hydrogen (secondary N) is 1. The van der Waals surface area contributed by atoms with E-state index in [-0.39, 0.29) is 10.5 Å². The summed E-state index contributed by atoms with van der Waals surface area (Å²) in [6.07, 6.45) is 1.09. The summed E-state index contributed by atoms with van der Waals surface area (Å²) in [6.45, 7) is 0.395. The molecule has 0 aliphatic carbocycles. The fourth-order valence-electron chi connectivity index (χ4n) is 2.33. The van der Waals surface area contributed by atoms with Crippen molar-refractivity contribution in [3.8, 4) is 0 Å². The third-order valence-electron chi connectivity index (χ3n) is 3.48. The highest BCUT2D eigenvalue weighted by molar-refractivity contribution is 7.89. The molecule has 1 amide bonds. The minimum absolute atomic E-state index is 0.0535. The summed E-state index contributed by atoms with van der Waals surface area (Å²) in [6, 6.07) is 4.63. The van der Waals surface area contributed by atoms with Crippen LogP contribution in [0.5, 0.6) is 0 Å². The van der Waals surface area contributed by atoms with Gasteiger partial charge in [-0.15, -0.1) is 0 Å². The van der Waals surface area contributed by atoms with Crippen molar-refractivity contribution < 1.29 is 23.1 Å². The van der Waals surface area contributed by atoms with Gasteiger partial charge in [0.05, 0.1) is 4.90 Å². The van der Waals surface area contributed by atoms with Gasteiger partial charge in [0, 0.05) is 12.1 Å². The minimum Gasteiger partial charge on any atom is -0.480 e. The number of nitrogens with zero attached hydrogens (tertiary/aromatic N) is 1. The summed E-state index contributed by atoms with van der Waals surface area (Å²) in [5, 5.41) is 9.08. The van der Waals surface area contributed by atoms with E-state index in [4.69, 9.17) is 5.11 Å². The summed E-state index contributed by atoms with van der Waals surface area (Å²) in [4.78, 5) is 24.7. The lowest BCUT2D eigenvalue weighted by Crippen LogP contribution is -2.40. The summed E-state index contributed by atoms with van der Waals surface area (Å²) < 4.78 is 25.4. The first-order valence-corrected chi connectivity index (χ1v) is 7.92. The molecule has 21 heavy (non-hydrogen) atoms. The quantitative estimate of drug-likeness (QED) is 0.831. The van der Waals surface area contributed by atoms with Crippen LogP contribution in [-0.2, 0) is 14.8 Å². The second-order valence-electron chi connectivity index (χ2n) is 4.73. The molecule has 0 bridgehead atoms. The van der Waals surface area contributed by atoms with Gasteiger partial charge in [0.1, 0.15) is 6.04 Å². The number of benzene rings is 1. The molecule has 1 fully saturated rings. The molecule has 1 aromatic carbocycles. The minimum atomic E-state index is -3.55. The van der Waals surface area contributed by atoms with Crippen molar-refractivity contribution in [2.24, 2.45) is 0 Å². The van der Waals surface area contributed by atoms with Gasteiger partial charge < -0.3 is 10.0 Å². The third kappa shape index (κ3) is 3.06. The zero-order valence-electron chi connectivity index (χ0n) is 11.4. The van der Waals surface area contributed by atoms with Crippen molar-refractivity contribution >= 4 is 21.9 Å². The third-order valence-corrected chi connectivity index (χ3v) is 4.91. The Balaban J connectivity index is 2.23. The molecule has 2 N–H and O–H groups in total. The molecule has 1 aromatic rings. The van der Waals surface area contributed by atoms with Crippen LogP contribution >= 0.6 is 0 Å². The van der Waals surface area contributed by atoms with Gasteiger partial charge in [-0.3, -0.25) is 4.79 Å². The molecule has 8 heteroatoms. The molecule has 7 nitrogen and oxygen atoms in total. The number of likely N-dealkylation sites (tertiary alicyclic amines) is 1. The van der Waals surface area contributed by atoms with Gasteiger partial charge in [-0.05, 0) is 44.2 Å². The maximum absolute atomic E-state index is 12.3. The smallest absolute Gasteiger partial charge is 0.326 e. The van der Waals surface area contributed by atoms with E-state index in [1.165, 1.54) is 36.2 Å². The van der Waals surface area contributed by atoms with Crippen LogP contribution in [-0.4, -0.2) is 49.9 Å². The van der Waals surface area contributed by atoms with E-state index in [0.717, 1.165) is 0 Å².